The lowest BCUT2D eigenvalue weighted by Crippen LogP contribution is -2.61. The van der Waals surface area contributed by atoms with Crippen LogP contribution in [0.5, 0.6) is 0 Å². The number of hydrogen-bond donors (Lipinski definition) is 3. The maximum absolute atomic E-state index is 12.2. The minimum atomic E-state index is -1.44. The second kappa shape index (κ2) is 8.20. The molecule has 7 heteroatoms. The highest BCUT2D eigenvalue weighted by molar-refractivity contribution is 8.00. The van der Waals surface area contributed by atoms with E-state index in [1.807, 2.05) is 30.3 Å². The van der Waals surface area contributed by atoms with Gasteiger partial charge in [0.15, 0.2) is 11.0 Å². The monoisotopic (exact) mass is 376 g/mol. The molecule has 6 nitrogen and oxygen atoms in total. The van der Waals surface area contributed by atoms with Crippen LogP contribution in [0, 0.1) is 0 Å². The van der Waals surface area contributed by atoms with Crippen molar-refractivity contribution in [1.82, 2.24) is 0 Å². The van der Waals surface area contributed by atoms with Gasteiger partial charge in [-0.25, -0.2) is 4.79 Å². The fraction of sp³-hybridized carbons (Fsp3) is 0.316. The van der Waals surface area contributed by atoms with Crippen LogP contribution in [0.3, 0.4) is 0 Å². The minimum absolute atomic E-state index is 0.142. The van der Waals surface area contributed by atoms with Crippen LogP contribution in [0.2, 0.25) is 0 Å². The molecule has 26 heavy (non-hydrogen) atoms. The summed E-state index contributed by atoms with van der Waals surface area (Å²) in [6.07, 6.45) is -3.87. The van der Waals surface area contributed by atoms with Gasteiger partial charge < -0.3 is 24.8 Å². The third-order valence-corrected chi connectivity index (χ3v) is 5.51. The van der Waals surface area contributed by atoms with Crippen molar-refractivity contribution in [1.29, 1.82) is 0 Å². The van der Waals surface area contributed by atoms with E-state index in [4.69, 9.17) is 9.47 Å². The summed E-state index contributed by atoms with van der Waals surface area (Å²) in [6.45, 7) is -0.651. The molecule has 1 aliphatic rings. The molecule has 0 aliphatic carbocycles. The molecule has 0 bridgehead atoms. The lowest BCUT2D eigenvalue weighted by Gasteiger charge is -2.44. The Morgan fingerprint density at radius 3 is 2.35 bits per heavy atom. The summed E-state index contributed by atoms with van der Waals surface area (Å²) < 4.78 is 11.0. The van der Waals surface area contributed by atoms with E-state index < -0.39 is 35.8 Å². The van der Waals surface area contributed by atoms with Gasteiger partial charge in [-0.15, -0.1) is 0 Å². The number of aliphatic hydroxyl groups is 3. The number of benzene rings is 2. The first-order chi connectivity index (χ1) is 12.6. The third-order valence-electron chi connectivity index (χ3n) is 4.17. The van der Waals surface area contributed by atoms with Crippen molar-refractivity contribution >= 4 is 17.7 Å². The van der Waals surface area contributed by atoms with E-state index >= 15 is 0 Å². The lowest BCUT2D eigenvalue weighted by molar-refractivity contribution is -0.210. The second-order valence-electron chi connectivity index (χ2n) is 5.94. The van der Waals surface area contributed by atoms with Gasteiger partial charge in [-0.2, -0.15) is 0 Å². The van der Waals surface area contributed by atoms with Crippen LogP contribution in [0.1, 0.15) is 10.4 Å². The molecular weight excluding hydrogens is 356 g/mol. The highest BCUT2D eigenvalue weighted by Gasteiger charge is 2.51. The smallest absolute Gasteiger partial charge is 0.338 e. The van der Waals surface area contributed by atoms with Gasteiger partial charge in [0.05, 0.1) is 18.8 Å². The Morgan fingerprint density at radius 2 is 1.73 bits per heavy atom. The zero-order valence-electron chi connectivity index (χ0n) is 13.9. The summed E-state index contributed by atoms with van der Waals surface area (Å²) in [7, 11) is 0. The van der Waals surface area contributed by atoms with Gasteiger partial charge in [0.1, 0.15) is 12.2 Å². The normalized spacial score (nSPS) is 28.5. The van der Waals surface area contributed by atoms with Crippen molar-refractivity contribution in [3.05, 3.63) is 66.2 Å². The van der Waals surface area contributed by atoms with E-state index in [0.29, 0.717) is 5.56 Å². The van der Waals surface area contributed by atoms with Crippen molar-refractivity contribution in [3.63, 3.8) is 0 Å². The maximum atomic E-state index is 12.2. The number of ether oxygens (including phenoxy) is 2. The van der Waals surface area contributed by atoms with Crippen LogP contribution in [-0.2, 0) is 9.47 Å². The Morgan fingerprint density at radius 1 is 1.12 bits per heavy atom. The van der Waals surface area contributed by atoms with Crippen LogP contribution in [0.25, 0.3) is 0 Å². The minimum Gasteiger partial charge on any atom is -0.453 e. The molecule has 1 fully saturated rings. The van der Waals surface area contributed by atoms with E-state index in [0.717, 1.165) is 16.7 Å². The first kappa shape index (κ1) is 18.9. The standard InChI is InChI=1S/C19H20O6S/c20-12-19(26-14-9-5-2-6-10-14)17(22)16(21)15(11-24-19)25-18(23)13-7-3-1-4-8-13/h1-10,15-17,20-22H,11-12H2/t15-,16-,17+,19+/m1/s1. The molecule has 3 N–H and O–H groups in total. The van der Waals surface area contributed by atoms with Gasteiger partial charge in [-0.05, 0) is 24.3 Å². The number of hydrogen-bond acceptors (Lipinski definition) is 7. The summed E-state index contributed by atoms with van der Waals surface area (Å²) in [5.74, 6) is -0.613. The average molecular weight is 376 g/mol. The van der Waals surface area contributed by atoms with Crippen LogP contribution < -0.4 is 0 Å². The fourth-order valence-electron chi connectivity index (χ4n) is 2.70. The second-order valence-corrected chi connectivity index (χ2v) is 7.31. The Labute approximate surface area is 155 Å². The molecule has 0 amide bonds. The zero-order chi connectivity index (χ0) is 18.6. The van der Waals surface area contributed by atoms with E-state index in [1.165, 1.54) is 0 Å². The number of thioether (sulfide) groups is 1. The molecule has 1 heterocycles. The Balaban J connectivity index is 1.71. The summed E-state index contributed by atoms with van der Waals surface area (Å²) in [5, 5.41) is 30.8. The fourth-order valence-corrected chi connectivity index (χ4v) is 3.85. The van der Waals surface area contributed by atoms with Gasteiger partial charge in [0.25, 0.3) is 0 Å². The Kier molecular flexibility index (Phi) is 5.95. The largest absolute Gasteiger partial charge is 0.453 e. The molecule has 138 valence electrons. The van der Waals surface area contributed by atoms with Gasteiger partial charge in [0, 0.05) is 4.90 Å². The molecule has 0 radical (unpaired) electrons. The lowest BCUT2D eigenvalue weighted by atomic mass is 9.99. The van der Waals surface area contributed by atoms with Crippen LogP contribution >= 0.6 is 11.8 Å². The molecule has 4 atom stereocenters. The first-order valence-corrected chi connectivity index (χ1v) is 8.98. The van der Waals surface area contributed by atoms with Gasteiger partial charge >= 0.3 is 5.97 Å². The van der Waals surface area contributed by atoms with Crippen LogP contribution in [0.15, 0.2) is 65.6 Å². The molecule has 0 saturated carbocycles. The van der Waals surface area contributed by atoms with E-state index in [1.54, 1.807) is 30.3 Å². The van der Waals surface area contributed by atoms with Crippen molar-refractivity contribution < 1.29 is 29.6 Å². The van der Waals surface area contributed by atoms with Crippen molar-refractivity contribution in [2.75, 3.05) is 13.2 Å². The van der Waals surface area contributed by atoms with Gasteiger partial charge in [0.2, 0.25) is 0 Å². The molecule has 1 saturated heterocycles. The van der Waals surface area contributed by atoms with Crippen LogP contribution in [0.4, 0.5) is 0 Å². The van der Waals surface area contributed by atoms with E-state index in [9.17, 15) is 20.1 Å². The molecule has 0 aromatic heterocycles. The van der Waals surface area contributed by atoms with Gasteiger partial charge in [-0.3, -0.25) is 0 Å². The van der Waals surface area contributed by atoms with E-state index in [2.05, 4.69) is 0 Å². The molecule has 0 unspecified atom stereocenters. The van der Waals surface area contributed by atoms with Crippen molar-refractivity contribution in [2.24, 2.45) is 0 Å². The molecule has 1 aliphatic heterocycles. The highest BCUT2D eigenvalue weighted by Crippen LogP contribution is 2.41. The number of carbonyl (C=O) groups excluding carboxylic acids is 1. The van der Waals surface area contributed by atoms with E-state index in [-0.39, 0.29) is 6.61 Å². The van der Waals surface area contributed by atoms with Gasteiger partial charge in [-0.1, -0.05) is 48.2 Å². The molecular formula is C19H20O6S. The average Bonchev–Trinajstić information content (AvgIpc) is 2.69. The zero-order valence-corrected chi connectivity index (χ0v) is 14.7. The number of aliphatic hydroxyl groups excluding tert-OH is 3. The summed E-state index contributed by atoms with van der Waals surface area (Å²) in [4.78, 5) is 11.5. The molecule has 0 spiro atoms. The summed E-state index contributed by atoms with van der Waals surface area (Å²) in [5.41, 5.74) is 0.340. The number of rotatable bonds is 5. The van der Waals surface area contributed by atoms with Crippen molar-refractivity contribution in [2.45, 2.75) is 28.1 Å². The Hall–Kier alpha value is -1.90. The van der Waals surface area contributed by atoms with Crippen LogP contribution in [-0.4, -0.2) is 57.7 Å². The Bertz CT molecular complexity index is 725. The molecule has 2 aromatic rings. The topological polar surface area (TPSA) is 96.2 Å². The highest BCUT2D eigenvalue weighted by atomic mass is 32.2. The summed E-state index contributed by atoms with van der Waals surface area (Å²) >= 11 is 1.12. The SMILES string of the molecule is O=C(O[C@@H]1CO[C@@](CO)(Sc2ccccc2)[C@@H](O)[C@@H]1O)c1ccccc1. The third kappa shape index (κ3) is 3.92. The maximum Gasteiger partial charge on any atom is 0.338 e. The molecule has 2 aromatic carbocycles. The molecule has 3 rings (SSSR count). The first-order valence-electron chi connectivity index (χ1n) is 8.17. The number of carbonyl (C=O) groups is 1. The summed E-state index contributed by atoms with van der Waals surface area (Å²) in [6, 6.07) is 17.5. The number of esters is 1. The predicted molar refractivity (Wildman–Crippen MR) is 95.7 cm³/mol. The predicted octanol–water partition coefficient (Wildman–Crippen LogP) is 1.44. The van der Waals surface area contributed by atoms with Crippen molar-refractivity contribution in [3.8, 4) is 0 Å². The quantitative estimate of drug-likeness (QED) is 0.680.